The number of rotatable bonds is 3. The third-order valence-electron chi connectivity index (χ3n) is 5.88. The van der Waals surface area contributed by atoms with Gasteiger partial charge in [0.05, 0.1) is 16.7 Å². The standard InChI is InChI=1S/C26H25ClN2O3/c1-16-7-3-4-9-19(16)25(31)28-18-12-13-20(21(27)15-18)26(32)29-14-6-11-23(30)24-17(2)8-5-10-22(24)29/h3-5,7-10,12-13,15,23,30H,6,11,14H2,1-2H3,(H,28,31). The van der Waals surface area contributed by atoms with Gasteiger partial charge < -0.3 is 15.3 Å². The van der Waals surface area contributed by atoms with Crippen molar-refractivity contribution in [3.05, 3.63) is 93.5 Å². The topological polar surface area (TPSA) is 69.6 Å². The molecule has 1 unspecified atom stereocenters. The summed E-state index contributed by atoms with van der Waals surface area (Å²) in [5.74, 6) is -0.461. The zero-order valence-electron chi connectivity index (χ0n) is 18.1. The van der Waals surface area contributed by atoms with E-state index in [1.54, 1.807) is 29.2 Å². The van der Waals surface area contributed by atoms with Crippen LogP contribution in [0.2, 0.25) is 5.02 Å². The quantitative estimate of drug-likeness (QED) is 0.541. The lowest BCUT2D eigenvalue weighted by atomic mass is 9.99. The van der Waals surface area contributed by atoms with Crippen LogP contribution < -0.4 is 10.2 Å². The number of aryl methyl sites for hydroxylation is 2. The van der Waals surface area contributed by atoms with Crippen molar-refractivity contribution in [1.82, 2.24) is 0 Å². The largest absolute Gasteiger partial charge is 0.388 e. The van der Waals surface area contributed by atoms with Gasteiger partial charge >= 0.3 is 0 Å². The zero-order chi connectivity index (χ0) is 22.8. The van der Waals surface area contributed by atoms with Crippen LogP contribution in [0.4, 0.5) is 11.4 Å². The average Bonchev–Trinajstić information content (AvgIpc) is 2.93. The van der Waals surface area contributed by atoms with Gasteiger partial charge in [-0.1, -0.05) is 41.9 Å². The van der Waals surface area contributed by atoms with Gasteiger partial charge in [-0.3, -0.25) is 9.59 Å². The van der Waals surface area contributed by atoms with Gasteiger partial charge in [0, 0.05) is 29.0 Å². The summed E-state index contributed by atoms with van der Waals surface area (Å²) < 4.78 is 0. The summed E-state index contributed by atoms with van der Waals surface area (Å²) in [7, 11) is 0. The molecular formula is C26H25ClN2O3. The van der Waals surface area contributed by atoms with E-state index in [1.165, 1.54) is 0 Å². The molecule has 0 spiro atoms. The highest BCUT2D eigenvalue weighted by Gasteiger charge is 2.28. The highest BCUT2D eigenvalue weighted by molar-refractivity contribution is 6.35. The number of amides is 2. The molecule has 0 radical (unpaired) electrons. The van der Waals surface area contributed by atoms with Crippen LogP contribution in [0.3, 0.4) is 0 Å². The fourth-order valence-electron chi connectivity index (χ4n) is 4.19. The van der Waals surface area contributed by atoms with Gasteiger partial charge in [-0.2, -0.15) is 0 Å². The number of hydrogen-bond acceptors (Lipinski definition) is 3. The molecule has 0 aliphatic carbocycles. The van der Waals surface area contributed by atoms with Gasteiger partial charge in [0.2, 0.25) is 0 Å². The number of carbonyl (C=O) groups is 2. The Morgan fingerprint density at radius 2 is 1.75 bits per heavy atom. The third kappa shape index (κ3) is 4.27. The summed E-state index contributed by atoms with van der Waals surface area (Å²) in [4.78, 5) is 27.7. The van der Waals surface area contributed by atoms with Crippen LogP contribution in [-0.4, -0.2) is 23.5 Å². The SMILES string of the molecule is Cc1ccccc1C(=O)Nc1ccc(C(=O)N2CCCC(O)c3c(C)cccc32)c(Cl)c1. The second-order valence-corrected chi connectivity index (χ2v) is 8.49. The molecule has 3 aromatic carbocycles. The molecule has 0 bridgehead atoms. The van der Waals surface area contributed by atoms with Crippen molar-refractivity contribution in [3.8, 4) is 0 Å². The van der Waals surface area contributed by atoms with Crippen LogP contribution in [0.1, 0.15) is 56.4 Å². The van der Waals surface area contributed by atoms with E-state index >= 15 is 0 Å². The smallest absolute Gasteiger partial charge is 0.259 e. The first-order valence-electron chi connectivity index (χ1n) is 10.6. The van der Waals surface area contributed by atoms with E-state index in [-0.39, 0.29) is 16.8 Å². The van der Waals surface area contributed by atoms with Crippen molar-refractivity contribution < 1.29 is 14.7 Å². The summed E-state index contributed by atoms with van der Waals surface area (Å²) in [6.07, 6.45) is 0.682. The molecule has 2 amide bonds. The van der Waals surface area contributed by atoms with Crippen molar-refractivity contribution in [2.75, 3.05) is 16.8 Å². The monoisotopic (exact) mass is 448 g/mol. The molecule has 5 nitrogen and oxygen atoms in total. The highest BCUT2D eigenvalue weighted by Crippen LogP contribution is 2.36. The van der Waals surface area contributed by atoms with Crippen LogP contribution in [-0.2, 0) is 0 Å². The van der Waals surface area contributed by atoms with Crippen molar-refractivity contribution in [2.45, 2.75) is 32.8 Å². The molecule has 32 heavy (non-hydrogen) atoms. The van der Waals surface area contributed by atoms with E-state index in [0.717, 1.165) is 16.7 Å². The highest BCUT2D eigenvalue weighted by atomic mass is 35.5. The van der Waals surface area contributed by atoms with Crippen molar-refractivity contribution in [2.24, 2.45) is 0 Å². The maximum absolute atomic E-state index is 13.4. The average molecular weight is 449 g/mol. The second kappa shape index (κ2) is 9.15. The van der Waals surface area contributed by atoms with Gasteiger partial charge in [-0.05, 0) is 68.1 Å². The number of nitrogens with zero attached hydrogens (tertiary/aromatic N) is 1. The second-order valence-electron chi connectivity index (χ2n) is 8.09. The lowest BCUT2D eigenvalue weighted by Crippen LogP contribution is -2.32. The minimum Gasteiger partial charge on any atom is -0.388 e. The van der Waals surface area contributed by atoms with Crippen LogP contribution in [0, 0.1) is 13.8 Å². The maximum Gasteiger partial charge on any atom is 0.259 e. The fourth-order valence-corrected chi connectivity index (χ4v) is 4.45. The Labute approximate surface area is 192 Å². The first kappa shape index (κ1) is 22.1. The van der Waals surface area contributed by atoms with Crippen LogP contribution >= 0.6 is 11.6 Å². The molecule has 2 N–H and O–H groups in total. The minimum absolute atomic E-state index is 0.229. The van der Waals surface area contributed by atoms with Crippen molar-refractivity contribution in [3.63, 3.8) is 0 Å². The molecule has 3 aromatic rings. The van der Waals surface area contributed by atoms with E-state index in [9.17, 15) is 14.7 Å². The molecule has 0 fully saturated rings. The molecule has 164 valence electrons. The summed E-state index contributed by atoms with van der Waals surface area (Å²) in [5.41, 5.74) is 4.78. The first-order chi connectivity index (χ1) is 15.4. The Hall–Kier alpha value is -3.15. The zero-order valence-corrected chi connectivity index (χ0v) is 18.8. The normalized spacial score (nSPS) is 15.6. The Bertz CT molecular complexity index is 1190. The molecule has 0 saturated carbocycles. The van der Waals surface area contributed by atoms with Crippen molar-refractivity contribution >= 4 is 34.8 Å². The molecule has 1 aliphatic rings. The summed E-state index contributed by atoms with van der Waals surface area (Å²) in [5, 5.41) is 13.7. The summed E-state index contributed by atoms with van der Waals surface area (Å²) >= 11 is 6.48. The molecule has 0 aromatic heterocycles. The summed E-state index contributed by atoms with van der Waals surface area (Å²) in [6.45, 7) is 4.31. The number of halogens is 1. The number of fused-ring (bicyclic) bond motifs is 1. The third-order valence-corrected chi connectivity index (χ3v) is 6.19. The Kier molecular flexibility index (Phi) is 6.31. The number of anilines is 2. The van der Waals surface area contributed by atoms with Gasteiger partial charge in [0.25, 0.3) is 11.8 Å². The fraction of sp³-hybridized carbons (Fsp3) is 0.231. The van der Waals surface area contributed by atoms with E-state index in [1.807, 2.05) is 50.2 Å². The predicted molar refractivity (Wildman–Crippen MR) is 128 cm³/mol. The van der Waals surface area contributed by atoms with Crippen molar-refractivity contribution in [1.29, 1.82) is 0 Å². The van der Waals surface area contributed by atoms with E-state index in [2.05, 4.69) is 5.32 Å². The molecular weight excluding hydrogens is 424 g/mol. The van der Waals surface area contributed by atoms with Crippen LogP contribution in [0.25, 0.3) is 0 Å². The number of benzene rings is 3. The Morgan fingerprint density at radius 1 is 1.00 bits per heavy atom. The lowest BCUT2D eigenvalue weighted by molar-refractivity contribution is 0.0985. The molecule has 1 heterocycles. The Balaban J connectivity index is 1.60. The summed E-state index contributed by atoms with van der Waals surface area (Å²) in [6, 6.07) is 17.9. The van der Waals surface area contributed by atoms with E-state index < -0.39 is 6.10 Å². The lowest BCUT2D eigenvalue weighted by Gasteiger charge is -2.25. The van der Waals surface area contributed by atoms with E-state index in [0.29, 0.717) is 41.9 Å². The predicted octanol–water partition coefficient (Wildman–Crippen LogP) is 5.68. The minimum atomic E-state index is -0.599. The van der Waals surface area contributed by atoms with Gasteiger partial charge in [0.15, 0.2) is 0 Å². The first-order valence-corrected chi connectivity index (χ1v) is 11.0. The van der Waals surface area contributed by atoms with Gasteiger partial charge in [-0.15, -0.1) is 0 Å². The van der Waals surface area contributed by atoms with Crippen LogP contribution in [0.5, 0.6) is 0 Å². The molecule has 0 saturated heterocycles. The van der Waals surface area contributed by atoms with Crippen LogP contribution in [0.15, 0.2) is 60.7 Å². The molecule has 1 aliphatic heterocycles. The van der Waals surface area contributed by atoms with Gasteiger partial charge in [0.1, 0.15) is 0 Å². The molecule has 1 atom stereocenters. The maximum atomic E-state index is 13.4. The Morgan fingerprint density at radius 3 is 2.50 bits per heavy atom. The number of nitrogens with one attached hydrogen (secondary N) is 1. The number of aliphatic hydroxyl groups excluding tert-OH is 1. The molecule has 6 heteroatoms. The number of carbonyl (C=O) groups excluding carboxylic acids is 2. The number of aliphatic hydroxyl groups is 1. The van der Waals surface area contributed by atoms with Gasteiger partial charge in [-0.25, -0.2) is 0 Å². The number of hydrogen-bond donors (Lipinski definition) is 2. The molecule has 4 rings (SSSR count). The van der Waals surface area contributed by atoms with E-state index in [4.69, 9.17) is 11.6 Å².